The molecule has 124 valence electrons. The number of fused-ring (bicyclic) bond motifs is 1. The Labute approximate surface area is 145 Å². The monoisotopic (exact) mass is 366 g/mol. The highest BCUT2D eigenvalue weighted by molar-refractivity contribution is 7.15. The summed E-state index contributed by atoms with van der Waals surface area (Å²) < 4.78 is 20.2. The van der Waals surface area contributed by atoms with Crippen molar-refractivity contribution in [2.75, 3.05) is 0 Å². The van der Waals surface area contributed by atoms with Gasteiger partial charge in [0, 0.05) is 27.7 Å². The fourth-order valence-corrected chi connectivity index (χ4v) is 3.35. The lowest BCUT2D eigenvalue weighted by atomic mass is 10.1. The van der Waals surface area contributed by atoms with Crippen LogP contribution in [0.1, 0.15) is 17.0 Å². The minimum absolute atomic E-state index is 0.0847. The fourth-order valence-electron chi connectivity index (χ4n) is 2.23. The Morgan fingerprint density at radius 2 is 2.25 bits per heavy atom. The van der Waals surface area contributed by atoms with Gasteiger partial charge in [-0.05, 0) is 19.1 Å². The number of nitrogens with zero attached hydrogens (tertiary/aromatic N) is 2. The van der Waals surface area contributed by atoms with Gasteiger partial charge in [0.15, 0.2) is 4.96 Å². The molecule has 8 heteroatoms. The van der Waals surface area contributed by atoms with E-state index in [0.29, 0.717) is 10.7 Å². The van der Waals surface area contributed by atoms with Gasteiger partial charge in [0.1, 0.15) is 12.4 Å². The van der Waals surface area contributed by atoms with Crippen molar-refractivity contribution in [1.29, 1.82) is 0 Å². The van der Waals surface area contributed by atoms with E-state index < -0.39 is 11.8 Å². The van der Waals surface area contributed by atoms with Crippen molar-refractivity contribution in [1.82, 2.24) is 9.38 Å². The molecule has 0 radical (unpaired) electrons. The van der Waals surface area contributed by atoms with E-state index in [2.05, 4.69) is 4.98 Å². The molecule has 5 nitrogen and oxygen atoms in total. The number of hydrogen-bond acceptors (Lipinski definition) is 5. The highest BCUT2D eigenvalue weighted by Gasteiger charge is 2.14. The fraction of sp³-hybridized carbons (Fsp3) is 0.188. The molecule has 0 aliphatic carbocycles. The Hall–Kier alpha value is -2.25. The Morgan fingerprint density at radius 1 is 1.46 bits per heavy atom. The molecule has 2 aromatic heterocycles. The second-order valence-electron chi connectivity index (χ2n) is 5.12. The van der Waals surface area contributed by atoms with Crippen molar-refractivity contribution in [2.24, 2.45) is 0 Å². The van der Waals surface area contributed by atoms with E-state index in [1.807, 2.05) is 12.3 Å². The minimum atomic E-state index is -0.647. The van der Waals surface area contributed by atoms with E-state index in [1.165, 1.54) is 40.0 Å². The Kier molecular flexibility index (Phi) is 4.64. The third-order valence-electron chi connectivity index (χ3n) is 3.39. The lowest BCUT2D eigenvalue weighted by Gasteiger charge is -2.07. The zero-order valence-corrected chi connectivity index (χ0v) is 14.2. The second kappa shape index (κ2) is 6.70. The Bertz CT molecular complexity index is 963. The van der Waals surface area contributed by atoms with Gasteiger partial charge in [0.2, 0.25) is 0 Å². The summed E-state index contributed by atoms with van der Waals surface area (Å²) >= 11 is 7.20. The van der Waals surface area contributed by atoms with Crippen LogP contribution in [0.25, 0.3) is 4.96 Å². The van der Waals surface area contributed by atoms with Gasteiger partial charge in [0.05, 0.1) is 12.1 Å². The number of carbonyl (C=O) groups excluding carboxylic acids is 1. The van der Waals surface area contributed by atoms with Crippen LogP contribution in [-0.2, 0) is 22.6 Å². The van der Waals surface area contributed by atoms with E-state index in [4.69, 9.17) is 16.3 Å². The van der Waals surface area contributed by atoms with E-state index in [9.17, 15) is 14.0 Å². The van der Waals surface area contributed by atoms with Crippen LogP contribution < -0.4 is 5.56 Å². The number of rotatable bonds is 4. The maximum Gasteiger partial charge on any atom is 0.310 e. The standard InChI is InChI=1S/C16H12ClFN2O3S/c1-9-8-24-16-19-10(5-14(21)20(9)16)7-23-15(22)6-11-12(17)3-2-4-13(11)18/h2-5,8H,6-7H2,1H3. The first kappa shape index (κ1) is 16.6. The van der Waals surface area contributed by atoms with Crippen molar-refractivity contribution in [3.05, 3.63) is 67.8 Å². The molecule has 1 aromatic carbocycles. The molecule has 0 aliphatic heterocycles. The van der Waals surface area contributed by atoms with Crippen molar-refractivity contribution < 1.29 is 13.9 Å². The molecular formula is C16H12ClFN2O3S. The highest BCUT2D eigenvalue weighted by Crippen LogP contribution is 2.20. The van der Waals surface area contributed by atoms with Crippen molar-refractivity contribution in [2.45, 2.75) is 20.0 Å². The summed E-state index contributed by atoms with van der Waals surface area (Å²) in [6, 6.07) is 5.50. The summed E-state index contributed by atoms with van der Waals surface area (Å²) in [5.74, 6) is -1.21. The van der Waals surface area contributed by atoms with Crippen LogP contribution >= 0.6 is 22.9 Å². The van der Waals surface area contributed by atoms with Gasteiger partial charge in [0.25, 0.3) is 5.56 Å². The van der Waals surface area contributed by atoms with Crippen LogP contribution in [0.4, 0.5) is 4.39 Å². The molecule has 0 fully saturated rings. The van der Waals surface area contributed by atoms with Crippen LogP contribution in [0, 0.1) is 12.7 Å². The molecule has 3 aromatic rings. The molecule has 2 heterocycles. The van der Waals surface area contributed by atoms with E-state index in [0.717, 1.165) is 5.69 Å². The lowest BCUT2D eigenvalue weighted by Crippen LogP contribution is -2.17. The number of aromatic nitrogens is 2. The summed E-state index contributed by atoms with van der Waals surface area (Å²) in [7, 11) is 0. The number of hydrogen-bond donors (Lipinski definition) is 0. The van der Waals surface area contributed by atoms with E-state index >= 15 is 0 Å². The molecule has 0 bridgehead atoms. The third-order valence-corrected chi connectivity index (χ3v) is 4.69. The SMILES string of the molecule is Cc1csc2nc(COC(=O)Cc3c(F)cccc3Cl)cc(=O)n12. The van der Waals surface area contributed by atoms with Crippen molar-refractivity contribution >= 4 is 33.9 Å². The van der Waals surface area contributed by atoms with Gasteiger partial charge >= 0.3 is 5.97 Å². The Morgan fingerprint density at radius 3 is 3.00 bits per heavy atom. The van der Waals surface area contributed by atoms with Gasteiger partial charge in [-0.15, -0.1) is 11.3 Å². The number of aryl methyl sites for hydroxylation is 1. The van der Waals surface area contributed by atoms with Crippen LogP contribution in [0.2, 0.25) is 5.02 Å². The van der Waals surface area contributed by atoms with Crippen LogP contribution in [0.15, 0.2) is 34.4 Å². The zero-order valence-electron chi connectivity index (χ0n) is 12.6. The molecule has 0 saturated carbocycles. The van der Waals surface area contributed by atoms with Gasteiger partial charge in [-0.25, -0.2) is 9.37 Å². The summed E-state index contributed by atoms with van der Waals surface area (Å²) in [5.41, 5.74) is 0.989. The van der Waals surface area contributed by atoms with Gasteiger partial charge in [-0.2, -0.15) is 0 Å². The molecule has 0 amide bonds. The molecule has 0 spiro atoms. The zero-order chi connectivity index (χ0) is 17.3. The lowest BCUT2D eigenvalue weighted by molar-refractivity contribution is -0.144. The van der Waals surface area contributed by atoms with E-state index in [-0.39, 0.29) is 29.2 Å². The summed E-state index contributed by atoms with van der Waals surface area (Å²) in [4.78, 5) is 28.7. The molecule has 0 atom stereocenters. The smallest absolute Gasteiger partial charge is 0.310 e. The first-order valence-electron chi connectivity index (χ1n) is 7.01. The number of benzene rings is 1. The largest absolute Gasteiger partial charge is 0.459 e. The normalized spacial score (nSPS) is 11.0. The average molecular weight is 367 g/mol. The van der Waals surface area contributed by atoms with Gasteiger partial charge in [-0.1, -0.05) is 17.7 Å². The molecular weight excluding hydrogens is 355 g/mol. The molecule has 24 heavy (non-hydrogen) atoms. The summed E-state index contributed by atoms with van der Waals surface area (Å²) in [5, 5.41) is 1.98. The van der Waals surface area contributed by atoms with Crippen molar-refractivity contribution in [3.8, 4) is 0 Å². The first-order valence-corrected chi connectivity index (χ1v) is 8.27. The third kappa shape index (κ3) is 3.32. The second-order valence-corrected chi connectivity index (χ2v) is 6.36. The predicted octanol–water partition coefficient (Wildman–Crippen LogP) is 3.14. The molecule has 0 saturated heterocycles. The van der Waals surface area contributed by atoms with Crippen LogP contribution in [-0.4, -0.2) is 15.4 Å². The van der Waals surface area contributed by atoms with Crippen molar-refractivity contribution in [3.63, 3.8) is 0 Å². The van der Waals surface area contributed by atoms with E-state index in [1.54, 1.807) is 0 Å². The summed E-state index contributed by atoms with van der Waals surface area (Å²) in [6.07, 6.45) is -0.287. The number of esters is 1. The van der Waals surface area contributed by atoms with Crippen LogP contribution in [0.5, 0.6) is 0 Å². The number of halogens is 2. The molecule has 0 unspecified atom stereocenters. The average Bonchev–Trinajstić information content (AvgIpc) is 2.91. The molecule has 3 rings (SSSR count). The predicted molar refractivity (Wildman–Crippen MR) is 89.0 cm³/mol. The maximum atomic E-state index is 13.7. The topological polar surface area (TPSA) is 60.7 Å². The number of thiazole rings is 1. The van der Waals surface area contributed by atoms with Gasteiger partial charge in [-0.3, -0.25) is 14.0 Å². The number of ether oxygens (including phenoxy) is 1. The minimum Gasteiger partial charge on any atom is -0.459 e. The highest BCUT2D eigenvalue weighted by atomic mass is 35.5. The molecule has 0 N–H and O–H groups in total. The first-order chi connectivity index (χ1) is 11.5. The van der Waals surface area contributed by atoms with Crippen LogP contribution in [0.3, 0.4) is 0 Å². The Balaban J connectivity index is 1.72. The molecule has 0 aliphatic rings. The summed E-state index contributed by atoms with van der Waals surface area (Å²) in [6.45, 7) is 1.65. The maximum absolute atomic E-state index is 13.7. The van der Waals surface area contributed by atoms with Gasteiger partial charge < -0.3 is 4.74 Å². The quantitative estimate of drug-likeness (QED) is 0.665. The number of carbonyl (C=O) groups is 1.